The second-order valence-corrected chi connectivity index (χ2v) is 36.5. The van der Waals surface area contributed by atoms with Crippen molar-refractivity contribution in [1.29, 1.82) is 0 Å². The predicted molar refractivity (Wildman–Crippen MR) is 517 cm³/mol. The smallest absolute Gasteiger partial charge is 0.407 e. The summed E-state index contributed by atoms with van der Waals surface area (Å²) in [5.41, 5.74) is 4.65. The summed E-state index contributed by atoms with van der Waals surface area (Å²) in [7, 11) is 1.63. The molecule has 2 aliphatic carbocycles. The van der Waals surface area contributed by atoms with Crippen molar-refractivity contribution in [3.63, 3.8) is 0 Å². The molecule has 2 saturated heterocycles. The largest absolute Gasteiger partial charge is 0.479 e. The minimum Gasteiger partial charge on any atom is -0.479 e. The van der Waals surface area contributed by atoms with E-state index in [0.717, 1.165) is 35.2 Å². The molecule has 40 nitrogen and oxygen atoms in total. The number of aliphatic hydroxyl groups excluding tert-OH is 3. The van der Waals surface area contributed by atoms with E-state index in [9.17, 15) is 73.5 Å². The summed E-state index contributed by atoms with van der Waals surface area (Å²) in [5.74, 6) is -5.98. The van der Waals surface area contributed by atoms with E-state index in [1.165, 1.54) is 34.9 Å². The highest BCUT2D eigenvalue weighted by molar-refractivity contribution is 5.98. The van der Waals surface area contributed by atoms with Crippen molar-refractivity contribution in [2.24, 2.45) is 11.3 Å². The summed E-state index contributed by atoms with van der Waals surface area (Å²) in [4.78, 5) is 146. The second-order valence-electron chi connectivity index (χ2n) is 36.5. The first-order chi connectivity index (χ1) is 69.9. The molecule has 1 saturated carbocycles. The Labute approximate surface area is 834 Å². The summed E-state index contributed by atoms with van der Waals surface area (Å²) in [6.07, 6.45) is -1.29. The summed E-state index contributed by atoms with van der Waals surface area (Å²) >= 11 is 0. The third kappa shape index (κ3) is 30.2. The Hall–Kier alpha value is -10.9. The summed E-state index contributed by atoms with van der Waals surface area (Å²) in [6, 6.07) is 20.8. The van der Waals surface area contributed by atoms with E-state index in [-0.39, 0.29) is 148 Å². The number of rotatable bonds is 58. The molecule has 2 aromatic heterocycles. The topological polar surface area (TPSA) is 504 Å². The Morgan fingerprint density at radius 2 is 1.19 bits per heavy atom. The number of benzene rings is 4. The van der Waals surface area contributed by atoms with Gasteiger partial charge in [-0.25, -0.2) is 23.8 Å². The number of hydrogen-bond donors (Lipinski definition) is 10. The van der Waals surface area contributed by atoms with Crippen molar-refractivity contribution in [3.8, 4) is 17.1 Å². The number of methoxy groups -OCH3 is 1. The van der Waals surface area contributed by atoms with Crippen LogP contribution in [0.25, 0.3) is 34.4 Å². The minimum absolute atomic E-state index is 0.00404. The first-order valence-corrected chi connectivity index (χ1v) is 49.7. The second kappa shape index (κ2) is 55.6. The summed E-state index contributed by atoms with van der Waals surface area (Å²) in [5, 5.41) is 68.4. The van der Waals surface area contributed by atoms with Gasteiger partial charge in [-0.05, 0) is 146 Å². The number of carbonyl (C=O) groups excluding carboxylic acids is 8. The number of nitrogens with zero attached hydrogens (tertiary/aromatic N) is 4. The standard InChI is InChI=1S/C103H136FN9O31/c1-4-103(128)76-58-82-90-74(63-113(82)97(123)75(76)65-141-100(103)126)89-78(21-20-73-66(2)77(104)59-79(108-90)88(73)89)110-101(127)142-64-67-17-22-83(143-99-93(120)91(118)92(119)94(144-99)98(124)125)72(57-67)60-106-84(114)25-31-105-96(122)80(61-107-85(115)26-34-130-37-38-132-41-42-134-45-46-136-49-50-138-53-54-140-56-55-139-52-51-137-48-47-135-44-43-133-40-39-131-36-35-129-3)109-95(121)70-23-27-102(28-24-70)29-32-111(33-30-102)86(116)15-9-10-16-87(117)112-62-71-13-6-5-11-68(71)18-19-69-12-7-8-14-81(69)112/h5-8,11-14,17-19,22,57-59,70,78,80,91-94,99,118-120,128H,4,9-10,15-16,20-21,23-56,60-65H2,1-3H3,(H,105,122)(H,106,114)(H,107,115)(H,109,121)(H,110,127)(H,124,125)/b19-18-. The van der Waals surface area contributed by atoms with Crippen LogP contribution in [0.4, 0.5) is 14.9 Å². The van der Waals surface area contributed by atoms with E-state index in [4.69, 9.17) is 80.8 Å². The van der Waals surface area contributed by atoms with Crippen molar-refractivity contribution < 1.29 is 149 Å². The van der Waals surface area contributed by atoms with Crippen LogP contribution in [0.3, 0.4) is 0 Å². The molecule has 0 radical (unpaired) electrons. The lowest BCUT2D eigenvalue weighted by Gasteiger charge is -2.45. The fourth-order valence-corrected chi connectivity index (χ4v) is 18.8. The Kier molecular flexibility index (Phi) is 42.5. The van der Waals surface area contributed by atoms with Gasteiger partial charge in [-0.2, -0.15) is 0 Å². The normalized spacial score (nSPS) is 19.7. The van der Waals surface area contributed by atoms with Gasteiger partial charge in [-0.3, -0.25) is 33.6 Å². The minimum atomic E-state index is -2.13. The van der Waals surface area contributed by atoms with Gasteiger partial charge in [0, 0.05) is 99.6 Å². The molecular formula is C103H136FN9O31. The molecule has 7 amide bonds. The van der Waals surface area contributed by atoms with Gasteiger partial charge in [0.1, 0.15) is 49.1 Å². The first kappa shape index (κ1) is 110. The average molecular weight is 2020 g/mol. The number of para-hydroxylation sites is 1. The lowest BCUT2D eigenvalue weighted by atomic mass is 9.65. The summed E-state index contributed by atoms with van der Waals surface area (Å²) in [6.45, 7) is 11.9. The Morgan fingerprint density at radius 3 is 1.80 bits per heavy atom. The number of carboxylic acids is 1. The zero-order valence-electron chi connectivity index (χ0n) is 82.0. The van der Waals surface area contributed by atoms with Gasteiger partial charge in [0.15, 0.2) is 11.7 Å². The number of carboxylic acid groups (broad SMARTS) is 1. The van der Waals surface area contributed by atoms with Crippen LogP contribution in [-0.4, -0.2) is 315 Å². The van der Waals surface area contributed by atoms with E-state index in [2.05, 4.69) is 32.7 Å². The molecule has 7 aliphatic rings. The number of hydrogen-bond acceptors (Lipinski definition) is 31. The maximum atomic E-state index is 15.8. The number of halogens is 1. The number of nitrogens with one attached hydrogen (secondary N) is 5. The molecule has 7 heterocycles. The maximum Gasteiger partial charge on any atom is 0.407 e. The van der Waals surface area contributed by atoms with Crippen molar-refractivity contribution in [1.82, 2.24) is 41.0 Å². The lowest BCUT2D eigenvalue weighted by Crippen LogP contribution is -2.61. The van der Waals surface area contributed by atoms with Crippen molar-refractivity contribution in [3.05, 3.63) is 156 Å². The molecule has 41 heteroatoms. The number of unbranched alkanes of at least 4 members (excludes halogenated alkanes) is 1. The molecule has 3 fully saturated rings. The number of esters is 1. The molecule has 5 aliphatic heterocycles. The number of anilines is 1. The maximum absolute atomic E-state index is 15.8. The molecule has 144 heavy (non-hydrogen) atoms. The van der Waals surface area contributed by atoms with Gasteiger partial charge in [-0.1, -0.05) is 67.6 Å². The molecule has 8 atom stereocenters. The number of alkyl carbamates (subject to hydrolysis) is 1. The fraction of sp³-hybridized carbons (Fsp3) is 0.583. The number of aryl methyl sites for hydroxylation is 1. The first-order valence-electron chi connectivity index (χ1n) is 49.7. The third-order valence-corrected chi connectivity index (χ3v) is 27.1. The molecule has 10 N–H and O–H groups in total. The number of pyridine rings is 2. The number of amides is 7. The van der Waals surface area contributed by atoms with Crippen LogP contribution in [0.1, 0.15) is 164 Å². The van der Waals surface area contributed by atoms with Crippen molar-refractivity contribution in [2.45, 2.75) is 191 Å². The van der Waals surface area contributed by atoms with E-state index in [1.807, 2.05) is 64.4 Å². The number of ether oxygens (including phenoxy) is 16. The van der Waals surface area contributed by atoms with E-state index in [0.29, 0.717) is 230 Å². The number of carbonyl (C=O) groups is 9. The molecule has 0 bridgehead atoms. The van der Waals surface area contributed by atoms with Crippen LogP contribution in [-0.2, 0) is 154 Å². The summed E-state index contributed by atoms with van der Waals surface area (Å²) < 4.78 is 106. The average Bonchev–Trinajstić information content (AvgIpc) is 1.43. The van der Waals surface area contributed by atoms with Gasteiger partial charge >= 0.3 is 18.0 Å². The number of aliphatic carboxylic acids is 1. The van der Waals surface area contributed by atoms with Crippen molar-refractivity contribution in [2.75, 3.05) is 190 Å². The fourth-order valence-electron chi connectivity index (χ4n) is 18.8. The third-order valence-electron chi connectivity index (χ3n) is 27.1. The number of aliphatic hydroxyl groups is 4. The van der Waals surface area contributed by atoms with Crippen LogP contribution >= 0.6 is 0 Å². The highest BCUT2D eigenvalue weighted by atomic mass is 19.1. The molecule has 8 unspecified atom stereocenters. The number of cyclic esters (lactones) is 1. The van der Waals surface area contributed by atoms with Gasteiger partial charge in [0.2, 0.25) is 41.7 Å². The number of likely N-dealkylation sites (tertiary alicyclic amines) is 1. The lowest BCUT2D eigenvalue weighted by molar-refractivity contribution is -0.271. The quantitative estimate of drug-likeness (QED) is 0.0161. The highest BCUT2D eigenvalue weighted by Gasteiger charge is 2.50. The van der Waals surface area contributed by atoms with E-state index >= 15 is 4.39 Å². The Balaban J connectivity index is 0.561. The molecule has 4 aromatic carbocycles. The molecular weight excluding hydrogens is 1880 g/mol. The zero-order chi connectivity index (χ0) is 102. The Morgan fingerprint density at radius 1 is 0.611 bits per heavy atom. The number of fused-ring (bicyclic) bond motifs is 7. The van der Waals surface area contributed by atoms with Gasteiger partial charge in [0.25, 0.3) is 5.56 Å². The molecule has 13 rings (SSSR count). The van der Waals surface area contributed by atoms with Crippen LogP contribution in [0.2, 0.25) is 0 Å². The molecule has 6 aromatic rings. The van der Waals surface area contributed by atoms with E-state index < -0.39 is 114 Å². The predicted octanol–water partition coefficient (Wildman–Crippen LogP) is 5.73. The van der Waals surface area contributed by atoms with E-state index in [1.54, 1.807) is 21.0 Å². The highest BCUT2D eigenvalue weighted by Crippen LogP contribution is 2.49. The molecule has 1 spiro atoms. The van der Waals surface area contributed by atoms with Crippen molar-refractivity contribution >= 4 is 82.2 Å². The zero-order valence-corrected chi connectivity index (χ0v) is 82.0. The van der Waals surface area contributed by atoms with Gasteiger partial charge in [-0.15, -0.1) is 0 Å². The van der Waals surface area contributed by atoms with Gasteiger partial charge < -0.3 is 142 Å². The Bertz CT molecular complexity index is 5420. The monoisotopic (exact) mass is 2010 g/mol. The van der Waals surface area contributed by atoms with Crippen LogP contribution in [0.15, 0.2) is 83.7 Å². The SMILES string of the molecule is CCC1(O)C(=O)OCc2c1cc1n(c2=O)Cc2c-1nc1cc(F)c(C)c3c1c2C(NC(=O)OCc1ccc(OC2OC(C(=O)O)C(O)C(O)C2O)c(CNC(=O)CCNC(=O)C(CNC(=O)CCOCCOCCOCCOCCOCCOCCOCCOCCOCCOCCOCCOC)NC(=O)C2CCC4(CC2)CCN(C(=O)CCCCC(=O)N2Cc5ccccc5/C=C\c5ccccc52)CC4)c1)CC3. The molecule has 786 valence electrons. The van der Waals surface area contributed by atoms with Crippen LogP contribution in [0, 0.1) is 24.1 Å². The van der Waals surface area contributed by atoms with Gasteiger partial charge in [0.05, 0.1) is 199 Å². The van der Waals surface area contributed by atoms with Crippen LogP contribution in [0.5, 0.6) is 5.75 Å². The number of aromatic nitrogens is 2. The van der Waals surface area contributed by atoms with Crippen LogP contribution < -0.4 is 41.8 Å². The number of piperidine rings is 1.